The molecule has 9 heteroatoms. The first-order valence-corrected chi connectivity index (χ1v) is 10.3. The van der Waals surface area contributed by atoms with Crippen LogP contribution < -0.4 is 5.32 Å². The third-order valence-electron chi connectivity index (χ3n) is 4.92. The van der Waals surface area contributed by atoms with E-state index in [-0.39, 0.29) is 28.9 Å². The van der Waals surface area contributed by atoms with Crippen LogP contribution in [0.3, 0.4) is 0 Å². The molecule has 0 fully saturated rings. The van der Waals surface area contributed by atoms with E-state index < -0.39 is 0 Å². The molecule has 7 nitrogen and oxygen atoms in total. The predicted molar refractivity (Wildman–Crippen MR) is 106 cm³/mol. The first kappa shape index (κ1) is 19.6. The Hall–Kier alpha value is -2.68. The molecule has 29 heavy (non-hydrogen) atoms. The first-order chi connectivity index (χ1) is 13.8. The molecule has 4 rings (SSSR count). The molecule has 1 N–H and O–H groups in total. The quantitative estimate of drug-likeness (QED) is 0.641. The van der Waals surface area contributed by atoms with E-state index in [1.54, 1.807) is 25.3 Å². The van der Waals surface area contributed by atoms with Gasteiger partial charge in [0.25, 0.3) is 5.22 Å². The highest BCUT2D eigenvalue weighted by molar-refractivity contribution is 7.99. The standard InChI is InChI=1S/C20H22FN5O2S/c1-12-24-25-19(28-12)29-11-18(27)23-16-8-20(2,3)9-17-15(16)10-22-26(17)14-6-4-13(21)5-7-14/h4-7,10,16H,8-9,11H2,1-3H3,(H,23,27). The lowest BCUT2D eigenvalue weighted by atomic mass is 9.74. The average molecular weight is 415 g/mol. The van der Waals surface area contributed by atoms with Gasteiger partial charge in [0.05, 0.1) is 29.4 Å². The van der Waals surface area contributed by atoms with E-state index in [9.17, 15) is 9.18 Å². The number of aromatic nitrogens is 4. The fraction of sp³-hybridized carbons (Fsp3) is 0.400. The summed E-state index contributed by atoms with van der Waals surface area (Å²) >= 11 is 1.21. The van der Waals surface area contributed by atoms with Gasteiger partial charge in [-0.1, -0.05) is 25.6 Å². The number of thioether (sulfide) groups is 1. The van der Waals surface area contributed by atoms with Crippen LogP contribution in [0.2, 0.25) is 0 Å². The summed E-state index contributed by atoms with van der Waals surface area (Å²) in [4.78, 5) is 12.5. The third kappa shape index (κ3) is 4.34. The van der Waals surface area contributed by atoms with Gasteiger partial charge in [0.2, 0.25) is 11.8 Å². The molecule has 1 amide bonds. The van der Waals surface area contributed by atoms with Gasteiger partial charge in [0.15, 0.2) is 0 Å². The Kier molecular flexibility index (Phi) is 5.16. The molecule has 1 aliphatic rings. The number of halogens is 1. The normalized spacial score (nSPS) is 17.7. The summed E-state index contributed by atoms with van der Waals surface area (Å²) in [6.07, 6.45) is 3.43. The van der Waals surface area contributed by atoms with E-state index in [0.717, 1.165) is 29.8 Å². The van der Waals surface area contributed by atoms with Crippen LogP contribution in [0.15, 0.2) is 40.1 Å². The van der Waals surface area contributed by atoms with Crippen molar-refractivity contribution in [2.75, 3.05) is 5.75 Å². The van der Waals surface area contributed by atoms with Gasteiger partial charge in [0.1, 0.15) is 5.82 Å². The second-order valence-electron chi connectivity index (χ2n) is 7.98. The molecular weight excluding hydrogens is 393 g/mol. The van der Waals surface area contributed by atoms with Crippen LogP contribution >= 0.6 is 11.8 Å². The smallest absolute Gasteiger partial charge is 0.277 e. The number of amides is 1. The summed E-state index contributed by atoms with van der Waals surface area (Å²) in [6, 6.07) is 6.13. The number of rotatable bonds is 5. The van der Waals surface area contributed by atoms with Crippen molar-refractivity contribution in [3.63, 3.8) is 0 Å². The van der Waals surface area contributed by atoms with Crippen LogP contribution in [0.1, 0.15) is 43.5 Å². The van der Waals surface area contributed by atoms with Crippen molar-refractivity contribution in [2.45, 2.75) is 44.9 Å². The summed E-state index contributed by atoms with van der Waals surface area (Å²) < 4.78 is 20.4. The highest BCUT2D eigenvalue weighted by Gasteiger charge is 2.36. The number of benzene rings is 1. The van der Waals surface area contributed by atoms with Crippen LogP contribution in [0.25, 0.3) is 5.69 Å². The summed E-state index contributed by atoms with van der Waals surface area (Å²) in [6.45, 7) is 6.06. The minimum absolute atomic E-state index is 0.0144. The monoisotopic (exact) mass is 415 g/mol. The molecule has 1 atom stereocenters. The maximum Gasteiger partial charge on any atom is 0.277 e. The van der Waals surface area contributed by atoms with E-state index in [0.29, 0.717) is 11.1 Å². The molecule has 2 heterocycles. The van der Waals surface area contributed by atoms with Gasteiger partial charge in [-0.25, -0.2) is 9.07 Å². The van der Waals surface area contributed by atoms with Gasteiger partial charge in [-0.2, -0.15) is 5.10 Å². The molecule has 0 aliphatic heterocycles. The van der Waals surface area contributed by atoms with E-state index in [4.69, 9.17) is 4.42 Å². The molecule has 2 aromatic heterocycles. The van der Waals surface area contributed by atoms with E-state index in [1.165, 1.54) is 23.9 Å². The fourth-order valence-electron chi connectivity index (χ4n) is 3.68. The summed E-state index contributed by atoms with van der Waals surface area (Å²) in [5, 5.41) is 15.7. The number of fused-ring (bicyclic) bond motifs is 1. The molecule has 1 aliphatic carbocycles. The van der Waals surface area contributed by atoms with E-state index in [2.05, 4.69) is 34.5 Å². The minimum Gasteiger partial charge on any atom is -0.416 e. The Bertz CT molecular complexity index is 1030. The van der Waals surface area contributed by atoms with Crippen molar-refractivity contribution >= 4 is 17.7 Å². The second-order valence-corrected chi connectivity index (χ2v) is 8.90. The largest absolute Gasteiger partial charge is 0.416 e. The van der Waals surface area contributed by atoms with Crippen molar-refractivity contribution in [3.05, 3.63) is 53.4 Å². The molecule has 152 valence electrons. The average Bonchev–Trinajstić information content (AvgIpc) is 3.26. The Morgan fingerprint density at radius 1 is 1.34 bits per heavy atom. The number of hydrogen-bond acceptors (Lipinski definition) is 6. The van der Waals surface area contributed by atoms with E-state index >= 15 is 0 Å². The molecule has 1 unspecified atom stereocenters. The minimum atomic E-state index is -0.283. The molecule has 3 aromatic rings. The molecule has 0 spiro atoms. The maximum absolute atomic E-state index is 13.3. The Balaban J connectivity index is 1.53. The van der Waals surface area contributed by atoms with Crippen molar-refractivity contribution in [1.82, 2.24) is 25.3 Å². The number of carbonyl (C=O) groups excluding carboxylic acids is 1. The van der Waals surface area contributed by atoms with Gasteiger partial charge >= 0.3 is 0 Å². The van der Waals surface area contributed by atoms with Crippen LogP contribution in [-0.2, 0) is 11.2 Å². The van der Waals surface area contributed by atoms with Gasteiger partial charge in [-0.15, -0.1) is 10.2 Å². The predicted octanol–water partition coefficient (Wildman–Crippen LogP) is 3.62. The second kappa shape index (κ2) is 7.62. The van der Waals surface area contributed by atoms with Gasteiger partial charge in [-0.05, 0) is 42.5 Å². The van der Waals surface area contributed by atoms with Crippen molar-refractivity contribution in [3.8, 4) is 5.69 Å². The van der Waals surface area contributed by atoms with Crippen LogP contribution in [0.5, 0.6) is 0 Å². The van der Waals surface area contributed by atoms with Crippen molar-refractivity contribution in [1.29, 1.82) is 0 Å². The lowest BCUT2D eigenvalue weighted by Gasteiger charge is -2.36. The van der Waals surface area contributed by atoms with Gasteiger partial charge in [-0.3, -0.25) is 4.79 Å². The van der Waals surface area contributed by atoms with Crippen LogP contribution in [0, 0.1) is 18.2 Å². The number of hydrogen-bond donors (Lipinski definition) is 1. The van der Waals surface area contributed by atoms with Gasteiger partial charge < -0.3 is 9.73 Å². The number of nitrogens with one attached hydrogen (secondary N) is 1. The van der Waals surface area contributed by atoms with Crippen LogP contribution in [0.4, 0.5) is 4.39 Å². The number of carbonyl (C=O) groups is 1. The first-order valence-electron chi connectivity index (χ1n) is 9.36. The molecule has 0 saturated heterocycles. The van der Waals surface area contributed by atoms with Crippen molar-refractivity contribution in [2.24, 2.45) is 5.41 Å². The lowest BCUT2D eigenvalue weighted by Crippen LogP contribution is -2.37. The Labute approximate surface area is 172 Å². The van der Waals surface area contributed by atoms with Crippen molar-refractivity contribution < 1.29 is 13.6 Å². The highest BCUT2D eigenvalue weighted by Crippen LogP contribution is 2.41. The SMILES string of the molecule is Cc1nnc(SCC(=O)NC2CC(C)(C)Cc3c2cnn3-c2ccc(F)cc2)o1. The van der Waals surface area contributed by atoms with Gasteiger partial charge in [0, 0.05) is 12.5 Å². The topological polar surface area (TPSA) is 85.8 Å². The Morgan fingerprint density at radius 3 is 2.79 bits per heavy atom. The maximum atomic E-state index is 13.3. The zero-order valence-electron chi connectivity index (χ0n) is 16.5. The molecular formula is C20H22FN5O2S. The zero-order chi connectivity index (χ0) is 20.6. The highest BCUT2D eigenvalue weighted by atomic mass is 32.2. The Morgan fingerprint density at radius 2 is 2.10 bits per heavy atom. The molecule has 0 radical (unpaired) electrons. The number of aryl methyl sites for hydroxylation is 1. The molecule has 0 bridgehead atoms. The third-order valence-corrected chi connectivity index (χ3v) is 5.74. The summed E-state index contributed by atoms with van der Waals surface area (Å²) in [5.41, 5.74) is 2.83. The van der Waals surface area contributed by atoms with E-state index in [1.807, 2.05) is 4.68 Å². The zero-order valence-corrected chi connectivity index (χ0v) is 17.3. The number of nitrogens with zero attached hydrogens (tertiary/aromatic N) is 4. The fourth-order valence-corrected chi connectivity index (χ4v) is 4.29. The summed E-state index contributed by atoms with van der Waals surface area (Å²) in [5.74, 6) is 0.281. The summed E-state index contributed by atoms with van der Waals surface area (Å²) in [7, 11) is 0. The lowest BCUT2D eigenvalue weighted by molar-refractivity contribution is -0.119. The molecule has 1 aromatic carbocycles. The molecule has 0 saturated carbocycles. The van der Waals surface area contributed by atoms with Crippen LogP contribution in [-0.4, -0.2) is 31.6 Å².